The lowest BCUT2D eigenvalue weighted by Gasteiger charge is -2.32. The van der Waals surface area contributed by atoms with Crippen LogP contribution in [0.2, 0.25) is 0 Å². The molecule has 0 bridgehead atoms. The summed E-state index contributed by atoms with van der Waals surface area (Å²) in [6, 6.07) is 0.969. The third-order valence-corrected chi connectivity index (χ3v) is 4.17. The highest BCUT2D eigenvalue weighted by Gasteiger charge is 2.36. The molecule has 0 saturated carbocycles. The van der Waals surface area contributed by atoms with E-state index in [4.69, 9.17) is 5.73 Å². The molecule has 4 nitrogen and oxygen atoms in total. The van der Waals surface area contributed by atoms with E-state index >= 15 is 0 Å². The Morgan fingerprint density at radius 2 is 2.24 bits per heavy atom. The van der Waals surface area contributed by atoms with Crippen LogP contribution >= 0.6 is 0 Å². The van der Waals surface area contributed by atoms with Gasteiger partial charge in [-0.2, -0.15) is 0 Å². The second-order valence-electron chi connectivity index (χ2n) is 5.43. The highest BCUT2D eigenvalue weighted by atomic mass is 16.1. The molecule has 3 unspecified atom stereocenters. The van der Waals surface area contributed by atoms with Crippen molar-refractivity contribution in [3.05, 3.63) is 0 Å². The summed E-state index contributed by atoms with van der Waals surface area (Å²) in [5.41, 5.74) is 5.81. The number of hydrogen-bond acceptors (Lipinski definition) is 3. The first-order valence-electron chi connectivity index (χ1n) is 6.99. The Morgan fingerprint density at radius 1 is 1.41 bits per heavy atom. The third-order valence-electron chi connectivity index (χ3n) is 4.17. The lowest BCUT2D eigenvalue weighted by Crippen LogP contribution is -2.47. The van der Waals surface area contributed by atoms with Crippen LogP contribution in [0.5, 0.6) is 0 Å². The summed E-state index contributed by atoms with van der Waals surface area (Å²) >= 11 is 0. The number of carbonyl (C=O) groups excluding carboxylic acids is 1. The van der Waals surface area contributed by atoms with Crippen molar-refractivity contribution >= 4 is 5.91 Å². The van der Waals surface area contributed by atoms with Crippen molar-refractivity contribution in [2.75, 3.05) is 13.1 Å². The van der Waals surface area contributed by atoms with Crippen LogP contribution in [-0.2, 0) is 4.79 Å². The molecule has 2 heterocycles. The maximum atomic E-state index is 11.8. The fourth-order valence-corrected chi connectivity index (χ4v) is 3.06. The molecule has 3 N–H and O–H groups in total. The fourth-order valence-electron chi connectivity index (χ4n) is 3.06. The molecule has 0 aromatic rings. The SMILES string of the molecule is CCC(N)CC(=O)NC1CCN2CCCCC12. The van der Waals surface area contributed by atoms with Crippen LogP contribution in [0.25, 0.3) is 0 Å². The molecule has 2 aliphatic heterocycles. The molecule has 0 spiro atoms. The number of nitrogens with two attached hydrogens (primary N) is 1. The van der Waals surface area contributed by atoms with E-state index in [0.717, 1.165) is 19.4 Å². The maximum absolute atomic E-state index is 11.8. The van der Waals surface area contributed by atoms with Crippen LogP contribution < -0.4 is 11.1 Å². The minimum Gasteiger partial charge on any atom is -0.352 e. The van der Waals surface area contributed by atoms with E-state index in [0.29, 0.717) is 18.5 Å². The van der Waals surface area contributed by atoms with Crippen LogP contribution in [0.4, 0.5) is 0 Å². The molecular formula is C13H25N3O. The van der Waals surface area contributed by atoms with Gasteiger partial charge in [0.15, 0.2) is 0 Å². The summed E-state index contributed by atoms with van der Waals surface area (Å²) < 4.78 is 0. The fraction of sp³-hybridized carbons (Fsp3) is 0.923. The highest BCUT2D eigenvalue weighted by Crippen LogP contribution is 2.27. The molecule has 17 heavy (non-hydrogen) atoms. The highest BCUT2D eigenvalue weighted by molar-refractivity contribution is 5.77. The first kappa shape index (κ1) is 12.8. The Labute approximate surface area is 104 Å². The van der Waals surface area contributed by atoms with E-state index in [-0.39, 0.29) is 11.9 Å². The van der Waals surface area contributed by atoms with Crippen molar-refractivity contribution in [1.82, 2.24) is 10.2 Å². The lowest BCUT2D eigenvalue weighted by atomic mass is 9.99. The van der Waals surface area contributed by atoms with Crippen molar-refractivity contribution in [1.29, 1.82) is 0 Å². The normalized spacial score (nSPS) is 30.9. The topological polar surface area (TPSA) is 58.4 Å². The zero-order chi connectivity index (χ0) is 12.3. The van der Waals surface area contributed by atoms with Gasteiger partial charge in [0, 0.05) is 31.1 Å². The Hall–Kier alpha value is -0.610. The van der Waals surface area contributed by atoms with Gasteiger partial charge in [0.1, 0.15) is 0 Å². The molecule has 4 heteroatoms. The third kappa shape index (κ3) is 3.19. The summed E-state index contributed by atoms with van der Waals surface area (Å²) in [7, 11) is 0. The van der Waals surface area contributed by atoms with E-state index in [9.17, 15) is 4.79 Å². The predicted molar refractivity (Wildman–Crippen MR) is 68.6 cm³/mol. The zero-order valence-corrected chi connectivity index (χ0v) is 10.8. The average Bonchev–Trinajstić information content (AvgIpc) is 2.72. The predicted octanol–water partition coefficient (Wildman–Crippen LogP) is 0.857. The molecule has 0 aromatic heterocycles. The second kappa shape index (κ2) is 5.83. The number of piperidine rings is 1. The molecule has 0 radical (unpaired) electrons. The average molecular weight is 239 g/mol. The maximum Gasteiger partial charge on any atom is 0.221 e. The van der Waals surface area contributed by atoms with E-state index < -0.39 is 0 Å². The Bertz CT molecular complexity index is 269. The molecule has 2 fully saturated rings. The standard InChI is InChI=1S/C13H25N3O/c1-2-10(14)9-13(17)15-11-6-8-16-7-4-3-5-12(11)16/h10-12H,2-9,14H2,1H3,(H,15,17). The van der Waals surface area contributed by atoms with Gasteiger partial charge in [-0.3, -0.25) is 9.69 Å². The summed E-state index contributed by atoms with van der Waals surface area (Å²) in [6.07, 6.45) is 6.32. The smallest absolute Gasteiger partial charge is 0.221 e. The summed E-state index contributed by atoms with van der Waals surface area (Å²) in [6.45, 7) is 4.39. The van der Waals surface area contributed by atoms with E-state index in [1.54, 1.807) is 0 Å². The minimum atomic E-state index is 0.0128. The van der Waals surface area contributed by atoms with Crippen molar-refractivity contribution in [2.45, 2.75) is 63.6 Å². The Morgan fingerprint density at radius 3 is 3.00 bits per heavy atom. The van der Waals surface area contributed by atoms with Gasteiger partial charge in [-0.25, -0.2) is 0 Å². The molecule has 1 amide bonds. The van der Waals surface area contributed by atoms with E-state index in [2.05, 4.69) is 10.2 Å². The molecule has 98 valence electrons. The first-order valence-corrected chi connectivity index (χ1v) is 6.99. The van der Waals surface area contributed by atoms with Gasteiger partial charge < -0.3 is 11.1 Å². The number of rotatable bonds is 4. The lowest BCUT2D eigenvalue weighted by molar-refractivity contribution is -0.122. The minimum absolute atomic E-state index is 0.0128. The Balaban J connectivity index is 1.80. The van der Waals surface area contributed by atoms with E-state index in [1.165, 1.54) is 25.8 Å². The number of nitrogens with one attached hydrogen (secondary N) is 1. The molecule has 3 atom stereocenters. The molecule has 0 aliphatic carbocycles. The Kier molecular flexibility index (Phi) is 4.40. The number of nitrogens with zero attached hydrogens (tertiary/aromatic N) is 1. The van der Waals surface area contributed by atoms with E-state index in [1.807, 2.05) is 6.92 Å². The molecule has 2 saturated heterocycles. The largest absolute Gasteiger partial charge is 0.352 e. The molecular weight excluding hydrogens is 214 g/mol. The van der Waals surface area contributed by atoms with Crippen molar-refractivity contribution in [3.63, 3.8) is 0 Å². The summed E-state index contributed by atoms with van der Waals surface area (Å²) in [5, 5.41) is 3.18. The van der Waals surface area contributed by atoms with Crippen LogP contribution in [0.3, 0.4) is 0 Å². The van der Waals surface area contributed by atoms with Crippen LogP contribution in [0.15, 0.2) is 0 Å². The monoisotopic (exact) mass is 239 g/mol. The van der Waals surface area contributed by atoms with Crippen molar-refractivity contribution < 1.29 is 4.79 Å². The summed E-state index contributed by atoms with van der Waals surface area (Å²) in [5.74, 6) is 0.136. The zero-order valence-electron chi connectivity index (χ0n) is 10.8. The van der Waals surface area contributed by atoms with Gasteiger partial charge in [-0.05, 0) is 32.2 Å². The van der Waals surface area contributed by atoms with Crippen molar-refractivity contribution in [2.24, 2.45) is 5.73 Å². The molecule has 0 aromatic carbocycles. The number of amides is 1. The summed E-state index contributed by atoms with van der Waals surface area (Å²) in [4.78, 5) is 14.4. The van der Waals surface area contributed by atoms with Gasteiger partial charge in [-0.1, -0.05) is 13.3 Å². The van der Waals surface area contributed by atoms with Gasteiger partial charge in [0.05, 0.1) is 0 Å². The van der Waals surface area contributed by atoms with Gasteiger partial charge >= 0.3 is 0 Å². The van der Waals surface area contributed by atoms with Crippen LogP contribution in [-0.4, -0.2) is 42.0 Å². The van der Waals surface area contributed by atoms with Gasteiger partial charge in [0.2, 0.25) is 5.91 Å². The quantitative estimate of drug-likeness (QED) is 0.765. The van der Waals surface area contributed by atoms with Crippen molar-refractivity contribution in [3.8, 4) is 0 Å². The second-order valence-corrected chi connectivity index (χ2v) is 5.43. The molecule has 2 rings (SSSR count). The first-order chi connectivity index (χ1) is 8.20. The van der Waals surface area contributed by atoms with Crippen LogP contribution in [0, 0.1) is 0 Å². The number of carbonyl (C=O) groups is 1. The van der Waals surface area contributed by atoms with Crippen LogP contribution in [0.1, 0.15) is 45.4 Å². The van der Waals surface area contributed by atoms with Gasteiger partial charge in [0.25, 0.3) is 0 Å². The van der Waals surface area contributed by atoms with Gasteiger partial charge in [-0.15, -0.1) is 0 Å². The molecule has 2 aliphatic rings. The number of fused-ring (bicyclic) bond motifs is 1. The number of hydrogen-bond donors (Lipinski definition) is 2.